The van der Waals surface area contributed by atoms with E-state index in [1.165, 1.54) is 11.2 Å². The molecule has 0 aromatic rings. The van der Waals surface area contributed by atoms with Gasteiger partial charge in [0.25, 0.3) is 0 Å². The fourth-order valence-corrected chi connectivity index (χ4v) is 3.98. The molecule has 2 rings (SSSR count). The summed E-state index contributed by atoms with van der Waals surface area (Å²) in [5.74, 6) is -0.780. The van der Waals surface area contributed by atoms with E-state index in [4.69, 9.17) is 4.74 Å². The van der Waals surface area contributed by atoms with Crippen molar-refractivity contribution in [1.82, 2.24) is 14.9 Å². The number of ether oxygens (including phenoxy) is 1. The lowest BCUT2D eigenvalue weighted by atomic mass is 10.2. The fraction of sp³-hybridized carbons (Fsp3) is 0.778. The van der Waals surface area contributed by atoms with E-state index in [-0.39, 0.29) is 13.1 Å². The molecule has 8 nitrogen and oxygen atoms in total. The van der Waals surface area contributed by atoms with Crippen LogP contribution in [-0.2, 0) is 19.6 Å². The van der Waals surface area contributed by atoms with E-state index in [0.29, 0.717) is 13.2 Å². The fourth-order valence-electron chi connectivity index (χ4n) is 2.08. The zero-order chi connectivity index (χ0) is 13.3. The third kappa shape index (κ3) is 2.33. The van der Waals surface area contributed by atoms with Gasteiger partial charge in [-0.15, -0.1) is 0 Å². The average Bonchev–Trinajstić information content (AvgIpc) is 2.28. The Morgan fingerprint density at radius 1 is 1.28 bits per heavy atom. The van der Waals surface area contributed by atoms with E-state index < -0.39 is 33.3 Å². The van der Waals surface area contributed by atoms with Gasteiger partial charge in [0.15, 0.2) is 5.25 Å². The Morgan fingerprint density at radius 3 is 2.44 bits per heavy atom. The number of nitrogens with one attached hydrogen (secondary N) is 2. The van der Waals surface area contributed by atoms with Crippen molar-refractivity contribution in [3.8, 4) is 0 Å². The second-order valence-corrected chi connectivity index (χ2v) is 6.28. The third-order valence-corrected chi connectivity index (χ3v) is 5.31. The third-order valence-electron chi connectivity index (χ3n) is 2.96. The molecule has 0 radical (unpaired) electrons. The lowest BCUT2D eigenvalue weighted by Gasteiger charge is -2.34. The monoisotopic (exact) mass is 277 g/mol. The molecule has 0 aliphatic carbocycles. The van der Waals surface area contributed by atoms with Crippen molar-refractivity contribution >= 4 is 22.0 Å². The Hall–Kier alpha value is -1.19. The normalized spacial score (nSPS) is 30.7. The van der Waals surface area contributed by atoms with Crippen molar-refractivity contribution in [3.05, 3.63) is 0 Å². The molecule has 0 aromatic carbocycles. The van der Waals surface area contributed by atoms with Crippen LogP contribution in [0.5, 0.6) is 0 Å². The number of sulfonamides is 1. The Morgan fingerprint density at radius 2 is 1.89 bits per heavy atom. The first kappa shape index (κ1) is 13.2. The molecular weight excluding hydrogens is 262 g/mol. The largest absolute Gasteiger partial charge is 0.379 e. The van der Waals surface area contributed by atoms with Crippen LogP contribution < -0.4 is 10.6 Å². The van der Waals surface area contributed by atoms with Crippen molar-refractivity contribution in [3.63, 3.8) is 0 Å². The van der Waals surface area contributed by atoms with Crippen molar-refractivity contribution in [2.45, 2.75) is 18.2 Å². The van der Waals surface area contributed by atoms with Crippen LogP contribution in [0.25, 0.3) is 0 Å². The lowest BCUT2D eigenvalue weighted by Crippen LogP contribution is -2.65. The molecule has 2 aliphatic heterocycles. The quantitative estimate of drug-likeness (QED) is 0.622. The SMILES string of the molecule is CC1NC(=O)NC(=O)C1S(=O)(=O)N1CCOCC1. The Labute approximate surface area is 105 Å². The first-order valence-electron chi connectivity index (χ1n) is 5.61. The molecule has 2 heterocycles. The molecule has 9 heteroatoms. The zero-order valence-electron chi connectivity index (χ0n) is 9.88. The van der Waals surface area contributed by atoms with E-state index in [2.05, 4.69) is 5.32 Å². The molecule has 0 aromatic heterocycles. The Kier molecular flexibility index (Phi) is 3.55. The summed E-state index contributed by atoms with van der Waals surface area (Å²) in [7, 11) is -3.78. The van der Waals surface area contributed by atoms with Gasteiger partial charge in [-0.1, -0.05) is 0 Å². The molecule has 0 saturated carbocycles. The van der Waals surface area contributed by atoms with Gasteiger partial charge in [-0.05, 0) is 6.92 Å². The molecule has 3 amide bonds. The molecule has 18 heavy (non-hydrogen) atoms. The van der Waals surface area contributed by atoms with E-state index in [9.17, 15) is 18.0 Å². The Balaban J connectivity index is 2.22. The van der Waals surface area contributed by atoms with Crippen LogP contribution in [0.4, 0.5) is 4.79 Å². The number of amides is 3. The number of imide groups is 1. The van der Waals surface area contributed by atoms with E-state index in [0.717, 1.165) is 0 Å². The van der Waals surface area contributed by atoms with Crippen LogP contribution in [0, 0.1) is 0 Å². The summed E-state index contributed by atoms with van der Waals surface area (Å²) in [5, 5.41) is 3.09. The van der Waals surface area contributed by atoms with Crippen molar-refractivity contribution < 1.29 is 22.7 Å². The van der Waals surface area contributed by atoms with Crippen molar-refractivity contribution in [2.75, 3.05) is 26.3 Å². The molecule has 2 aliphatic rings. The molecule has 2 unspecified atom stereocenters. The number of carbonyl (C=O) groups is 2. The predicted molar refractivity (Wildman–Crippen MR) is 61.2 cm³/mol. The van der Waals surface area contributed by atoms with Gasteiger partial charge in [0.1, 0.15) is 0 Å². The van der Waals surface area contributed by atoms with Gasteiger partial charge in [0, 0.05) is 13.1 Å². The second kappa shape index (κ2) is 4.82. The summed E-state index contributed by atoms with van der Waals surface area (Å²) in [6.45, 7) is 2.58. The highest BCUT2D eigenvalue weighted by Gasteiger charge is 2.45. The predicted octanol–water partition coefficient (Wildman–Crippen LogP) is -1.76. The molecule has 2 N–H and O–H groups in total. The van der Waals surface area contributed by atoms with Gasteiger partial charge in [0.2, 0.25) is 15.9 Å². The Bertz CT molecular complexity index is 457. The van der Waals surface area contributed by atoms with Gasteiger partial charge in [-0.2, -0.15) is 4.31 Å². The average molecular weight is 277 g/mol. The minimum atomic E-state index is -3.78. The van der Waals surface area contributed by atoms with Gasteiger partial charge in [0.05, 0.1) is 19.3 Å². The van der Waals surface area contributed by atoms with Crippen molar-refractivity contribution in [2.24, 2.45) is 0 Å². The molecule has 2 fully saturated rings. The minimum Gasteiger partial charge on any atom is -0.379 e. The topological polar surface area (TPSA) is 105 Å². The summed E-state index contributed by atoms with van der Waals surface area (Å²) in [6, 6.07) is -1.42. The highest BCUT2D eigenvalue weighted by Crippen LogP contribution is 2.17. The maximum absolute atomic E-state index is 12.3. The first-order chi connectivity index (χ1) is 8.43. The molecule has 2 saturated heterocycles. The van der Waals surface area contributed by atoms with Crippen LogP contribution in [0.2, 0.25) is 0 Å². The number of morpholine rings is 1. The van der Waals surface area contributed by atoms with E-state index in [1.54, 1.807) is 0 Å². The summed E-state index contributed by atoms with van der Waals surface area (Å²) in [6.07, 6.45) is 0. The smallest absolute Gasteiger partial charge is 0.321 e. The maximum atomic E-state index is 12.3. The minimum absolute atomic E-state index is 0.229. The lowest BCUT2D eigenvalue weighted by molar-refractivity contribution is -0.120. The maximum Gasteiger partial charge on any atom is 0.321 e. The van der Waals surface area contributed by atoms with E-state index >= 15 is 0 Å². The standard InChI is InChI=1S/C9H15N3O5S/c1-6-7(8(13)11-9(14)10-6)18(15,16)12-2-4-17-5-3-12/h6-7H,2-5H2,1H3,(H2,10,11,13,14). The van der Waals surface area contributed by atoms with E-state index in [1.807, 2.05) is 5.32 Å². The number of carbonyl (C=O) groups excluding carboxylic acids is 2. The second-order valence-electron chi connectivity index (χ2n) is 4.23. The van der Waals surface area contributed by atoms with Gasteiger partial charge >= 0.3 is 6.03 Å². The number of urea groups is 1. The molecule has 0 bridgehead atoms. The number of hydrogen-bond acceptors (Lipinski definition) is 5. The number of rotatable bonds is 2. The summed E-state index contributed by atoms with van der Waals surface area (Å²) in [4.78, 5) is 22.8. The highest BCUT2D eigenvalue weighted by molar-refractivity contribution is 7.90. The molecule has 102 valence electrons. The number of nitrogens with zero attached hydrogens (tertiary/aromatic N) is 1. The number of hydrogen-bond donors (Lipinski definition) is 2. The summed E-state index contributed by atoms with van der Waals surface area (Å²) >= 11 is 0. The van der Waals surface area contributed by atoms with Crippen LogP contribution >= 0.6 is 0 Å². The van der Waals surface area contributed by atoms with Gasteiger partial charge in [-0.25, -0.2) is 13.2 Å². The van der Waals surface area contributed by atoms with Gasteiger partial charge < -0.3 is 10.1 Å². The first-order valence-corrected chi connectivity index (χ1v) is 7.11. The van der Waals surface area contributed by atoms with Gasteiger partial charge in [-0.3, -0.25) is 10.1 Å². The molecule has 0 spiro atoms. The van der Waals surface area contributed by atoms with Crippen LogP contribution in [-0.4, -0.2) is 62.3 Å². The summed E-state index contributed by atoms with van der Waals surface area (Å²) < 4.78 is 31.0. The van der Waals surface area contributed by atoms with Crippen LogP contribution in [0.3, 0.4) is 0 Å². The zero-order valence-corrected chi connectivity index (χ0v) is 10.7. The molecule has 2 atom stereocenters. The molecular formula is C9H15N3O5S. The van der Waals surface area contributed by atoms with Crippen LogP contribution in [0.15, 0.2) is 0 Å². The highest BCUT2D eigenvalue weighted by atomic mass is 32.2. The van der Waals surface area contributed by atoms with Crippen molar-refractivity contribution in [1.29, 1.82) is 0 Å². The summed E-state index contributed by atoms with van der Waals surface area (Å²) in [5.41, 5.74) is 0. The van der Waals surface area contributed by atoms with Crippen LogP contribution in [0.1, 0.15) is 6.92 Å².